The van der Waals surface area contributed by atoms with E-state index in [1.807, 2.05) is 11.0 Å². The van der Waals surface area contributed by atoms with Crippen molar-refractivity contribution < 1.29 is 19.4 Å². The summed E-state index contributed by atoms with van der Waals surface area (Å²) >= 11 is 12.2. The lowest BCUT2D eigenvalue weighted by atomic mass is 9.86. The zero-order valence-corrected chi connectivity index (χ0v) is 17.6. The van der Waals surface area contributed by atoms with Crippen molar-refractivity contribution in [2.75, 3.05) is 27.2 Å². The van der Waals surface area contributed by atoms with E-state index in [1.54, 1.807) is 26.3 Å². The zero-order valence-electron chi connectivity index (χ0n) is 16.1. The molecule has 1 aromatic rings. The molecule has 28 heavy (non-hydrogen) atoms. The van der Waals surface area contributed by atoms with Gasteiger partial charge in [-0.15, -0.1) is 0 Å². The van der Waals surface area contributed by atoms with Crippen LogP contribution in [0, 0.1) is 5.92 Å². The third-order valence-electron chi connectivity index (χ3n) is 6.13. The molecule has 8 heteroatoms. The number of carbonyl (C=O) groups is 2. The summed E-state index contributed by atoms with van der Waals surface area (Å²) in [6.07, 6.45) is 2.61. The van der Waals surface area contributed by atoms with Gasteiger partial charge in [0.2, 0.25) is 5.91 Å². The van der Waals surface area contributed by atoms with Crippen molar-refractivity contribution in [3.63, 3.8) is 0 Å². The smallest absolute Gasteiger partial charge is 0.407 e. The van der Waals surface area contributed by atoms with Gasteiger partial charge in [-0.1, -0.05) is 29.3 Å². The normalized spacial score (nSPS) is 27.6. The van der Waals surface area contributed by atoms with Crippen LogP contribution < -0.4 is 0 Å². The number of ether oxygens (including phenoxy) is 1. The van der Waals surface area contributed by atoms with Gasteiger partial charge >= 0.3 is 6.09 Å². The van der Waals surface area contributed by atoms with E-state index in [-0.39, 0.29) is 29.9 Å². The standard InChI is InChI=1S/C20H26Cl2N2O4/c1-23(20(26)27)18-11-24(19(25)12-3-6-14(28-2)7-4-12)10-15(18)13-5-8-16(21)17(22)9-13/h5,8-9,12,14-15,18H,3-4,6-7,10-11H2,1-2H3,(H,26,27)/t12-,14+,15-,18+/m1/s1. The predicted octanol–water partition coefficient (Wildman–Crippen LogP) is 4.10. The predicted molar refractivity (Wildman–Crippen MR) is 108 cm³/mol. The quantitative estimate of drug-likeness (QED) is 0.783. The Bertz CT molecular complexity index is 737. The van der Waals surface area contributed by atoms with E-state index in [0.717, 1.165) is 31.2 Å². The van der Waals surface area contributed by atoms with Crippen molar-refractivity contribution in [1.82, 2.24) is 9.80 Å². The number of rotatable bonds is 4. The highest BCUT2D eigenvalue weighted by atomic mass is 35.5. The Morgan fingerprint density at radius 3 is 2.39 bits per heavy atom. The Balaban J connectivity index is 1.78. The molecule has 0 aromatic heterocycles. The second-order valence-corrected chi connectivity index (χ2v) is 8.51. The van der Waals surface area contributed by atoms with Crippen LogP contribution in [0.1, 0.15) is 37.2 Å². The highest BCUT2D eigenvalue weighted by molar-refractivity contribution is 6.42. The molecule has 2 aliphatic rings. The second kappa shape index (κ2) is 8.89. The van der Waals surface area contributed by atoms with Crippen LogP contribution >= 0.6 is 23.2 Å². The van der Waals surface area contributed by atoms with Crippen LogP contribution in [0.15, 0.2) is 18.2 Å². The van der Waals surface area contributed by atoms with Crippen LogP contribution in [-0.4, -0.2) is 66.3 Å². The lowest BCUT2D eigenvalue weighted by Crippen LogP contribution is -2.42. The molecule has 0 radical (unpaired) electrons. The minimum Gasteiger partial charge on any atom is -0.465 e. The molecule has 2 amide bonds. The first kappa shape index (κ1) is 21.2. The first-order valence-corrected chi connectivity index (χ1v) is 10.3. The fourth-order valence-electron chi connectivity index (χ4n) is 4.38. The van der Waals surface area contributed by atoms with Gasteiger partial charge in [-0.3, -0.25) is 4.79 Å². The fourth-order valence-corrected chi connectivity index (χ4v) is 4.68. The molecular weight excluding hydrogens is 403 g/mol. The van der Waals surface area contributed by atoms with Crippen molar-refractivity contribution >= 4 is 35.2 Å². The summed E-state index contributed by atoms with van der Waals surface area (Å²) < 4.78 is 5.40. The number of methoxy groups -OCH3 is 1. The molecule has 1 N–H and O–H groups in total. The van der Waals surface area contributed by atoms with Gasteiger partial charge in [0, 0.05) is 39.1 Å². The molecule has 0 spiro atoms. The summed E-state index contributed by atoms with van der Waals surface area (Å²) in [7, 11) is 3.26. The van der Waals surface area contributed by atoms with Crippen LogP contribution in [0.25, 0.3) is 0 Å². The van der Waals surface area contributed by atoms with Crippen molar-refractivity contribution in [1.29, 1.82) is 0 Å². The Morgan fingerprint density at radius 1 is 1.14 bits per heavy atom. The third-order valence-corrected chi connectivity index (χ3v) is 6.87. The van der Waals surface area contributed by atoms with E-state index in [2.05, 4.69) is 0 Å². The lowest BCUT2D eigenvalue weighted by Gasteiger charge is -2.30. The van der Waals surface area contributed by atoms with Gasteiger partial charge in [-0.05, 0) is 43.4 Å². The number of likely N-dealkylation sites (tertiary alicyclic amines) is 1. The number of nitrogens with zero attached hydrogens (tertiary/aromatic N) is 2. The number of amides is 2. The molecule has 3 rings (SSSR count). The summed E-state index contributed by atoms with van der Waals surface area (Å²) in [6, 6.07) is 5.02. The Labute approximate surface area is 175 Å². The maximum absolute atomic E-state index is 13.1. The summed E-state index contributed by atoms with van der Waals surface area (Å²) in [5.41, 5.74) is 0.894. The largest absolute Gasteiger partial charge is 0.465 e. The molecule has 2 fully saturated rings. The minimum absolute atomic E-state index is 0.0188. The number of benzene rings is 1. The number of carboxylic acid groups (broad SMARTS) is 1. The SMILES string of the molecule is CO[C@H]1CC[C@@H](C(=O)N2C[C@H](c3ccc(Cl)c(Cl)c3)[C@@H](N(C)C(=O)O)C2)CC1. The number of likely N-dealkylation sites (N-methyl/N-ethyl adjacent to an activating group) is 1. The molecular formula is C20H26Cl2N2O4. The summed E-state index contributed by atoms with van der Waals surface area (Å²) in [6.45, 7) is 0.861. The Hall–Kier alpha value is -1.50. The Kier molecular flexibility index (Phi) is 6.73. The number of carbonyl (C=O) groups excluding carboxylic acids is 1. The maximum Gasteiger partial charge on any atom is 0.407 e. The highest BCUT2D eigenvalue weighted by Gasteiger charge is 2.42. The molecule has 0 unspecified atom stereocenters. The number of hydrogen-bond acceptors (Lipinski definition) is 3. The van der Waals surface area contributed by atoms with Gasteiger partial charge in [0.1, 0.15) is 0 Å². The monoisotopic (exact) mass is 428 g/mol. The first-order valence-electron chi connectivity index (χ1n) is 9.54. The van der Waals surface area contributed by atoms with Gasteiger partial charge in [0.25, 0.3) is 0 Å². The molecule has 2 atom stereocenters. The van der Waals surface area contributed by atoms with E-state index >= 15 is 0 Å². The maximum atomic E-state index is 13.1. The number of hydrogen-bond donors (Lipinski definition) is 1. The zero-order chi connectivity index (χ0) is 20.4. The van der Waals surface area contributed by atoms with Crippen LogP contribution in [0.2, 0.25) is 10.0 Å². The highest BCUT2D eigenvalue weighted by Crippen LogP contribution is 2.36. The minimum atomic E-state index is -1.01. The molecule has 6 nitrogen and oxygen atoms in total. The van der Waals surface area contributed by atoms with Crippen LogP contribution in [0.3, 0.4) is 0 Å². The topological polar surface area (TPSA) is 70.1 Å². The third kappa shape index (κ3) is 4.39. The van der Waals surface area contributed by atoms with Crippen LogP contribution in [-0.2, 0) is 9.53 Å². The lowest BCUT2D eigenvalue weighted by molar-refractivity contribution is -0.136. The average molecular weight is 429 g/mol. The fraction of sp³-hybridized carbons (Fsp3) is 0.600. The van der Waals surface area contributed by atoms with E-state index < -0.39 is 6.09 Å². The van der Waals surface area contributed by atoms with Gasteiger partial charge < -0.3 is 19.6 Å². The van der Waals surface area contributed by atoms with Crippen molar-refractivity contribution in [2.24, 2.45) is 5.92 Å². The van der Waals surface area contributed by atoms with Gasteiger partial charge in [-0.25, -0.2) is 4.79 Å². The van der Waals surface area contributed by atoms with E-state index in [4.69, 9.17) is 27.9 Å². The summed E-state index contributed by atoms with van der Waals surface area (Å²) in [4.78, 5) is 27.8. The number of halogens is 2. The molecule has 1 aromatic carbocycles. The van der Waals surface area contributed by atoms with E-state index in [1.165, 1.54) is 4.90 Å². The molecule has 1 heterocycles. The first-order chi connectivity index (χ1) is 13.3. The van der Waals surface area contributed by atoms with Gasteiger partial charge in [-0.2, -0.15) is 0 Å². The van der Waals surface area contributed by atoms with Gasteiger partial charge in [0.15, 0.2) is 0 Å². The Morgan fingerprint density at radius 2 is 1.82 bits per heavy atom. The average Bonchev–Trinajstić information content (AvgIpc) is 3.14. The van der Waals surface area contributed by atoms with Crippen molar-refractivity contribution in [3.8, 4) is 0 Å². The van der Waals surface area contributed by atoms with E-state index in [9.17, 15) is 14.7 Å². The molecule has 1 aliphatic carbocycles. The van der Waals surface area contributed by atoms with Crippen LogP contribution in [0.4, 0.5) is 4.79 Å². The van der Waals surface area contributed by atoms with Crippen LogP contribution in [0.5, 0.6) is 0 Å². The summed E-state index contributed by atoms with van der Waals surface area (Å²) in [5.74, 6) is -0.0502. The van der Waals surface area contributed by atoms with Crippen molar-refractivity contribution in [3.05, 3.63) is 33.8 Å². The van der Waals surface area contributed by atoms with Gasteiger partial charge in [0.05, 0.1) is 22.2 Å². The summed E-state index contributed by atoms with van der Waals surface area (Å²) in [5, 5.41) is 10.4. The molecule has 0 bridgehead atoms. The second-order valence-electron chi connectivity index (χ2n) is 7.69. The molecule has 1 aliphatic heterocycles. The molecule has 1 saturated carbocycles. The van der Waals surface area contributed by atoms with E-state index in [0.29, 0.717) is 23.1 Å². The molecule has 1 saturated heterocycles. The van der Waals surface area contributed by atoms with Crippen molar-refractivity contribution in [2.45, 2.75) is 43.7 Å². The molecule has 154 valence electrons.